The fraction of sp³-hybridized carbons (Fsp3) is 0.304. The normalized spacial score (nSPS) is 11.2. The lowest BCUT2D eigenvalue weighted by molar-refractivity contribution is -0.113. The third-order valence-electron chi connectivity index (χ3n) is 4.79. The number of benzene rings is 2. The lowest BCUT2D eigenvalue weighted by Crippen LogP contribution is -2.15. The predicted molar refractivity (Wildman–Crippen MR) is 129 cm³/mol. The molecule has 1 N–H and O–H groups in total. The van der Waals surface area contributed by atoms with Crippen LogP contribution in [0.15, 0.2) is 64.6 Å². The Kier molecular flexibility index (Phi) is 8.83. The fourth-order valence-electron chi connectivity index (χ4n) is 2.92. The Hall–Kier alpha value is -3.18. The van der Waals surface area contributed by atoms with Gasteiger partial charge in [-0.25, -0.2) is 13.2 Å². The molecule has 0 saturated carbocycles. The van der Waals surface area contributed by atoms with Gasteiger partial charge in [0.2, 0.25) is 5.91 Å². The molecule has 1 heterocycles. The Balaban J connectivity index is 1.56. The van der Waals surface area contributed by atoms with Gasteiger partial charge in [-0.05, 0) is 36.8 Å². The van der Waals surface area contributed by atoms with Crippen LogP contribution in [0.25, 0.3) is 0 Å². The standard InChI is InChI=1S/C23H26N4O5S2/c1-3-4-13-32-22(29)17-9-8-10-18(14-17)24-21(28)15-33-23-26-25-20(27(23)2)16-34(30,31)19-11-6-5-7-12-19/h5-12,14H,3-4,13,15-16H2,1-2H3,(H,24,28). The molecule has 1 amide bonds. The largest absolute Gasteiger partial charge is 0.462 e. The average molecular weight is 503 g/mol. The van der Waals surface area contributed by atoms with Crippen molar-refractivity contribution < 1.29 is 22.7 Å². The second kappa shape index (κ2) is 11.8. The molecule has 3 rings (SSSR count). The van der Waals surface area contributed by atoms with E-state index in [0.29, 0.717) is 23.0 Å². The molecule has 0 aliphatic rings. The van der Waals surface area contributed by atoms with Crippen LogP contribution in [0.4, 0.5) is 5.69 Å². The van der Waals surface area contributed by atoms with Gasteiger partial charge < -0.3 is 14.6 Å². The van der Waals surface area contributed by atoms with Crippen LogP contribution in [-0.2, 0) is 32.2 Å². The van der Waals surface area contributed by atoms with Crippen LogP contribution in [0, 0.1) is 0 Å². The smallest absolute Gasteiger partial charge is 0.338 e. The van der Waals surface area contributed by atoms with E-state index in [1.54, 1.807) is 54.1 Å². The van der Waals surface area contributed by atoms with E-state index in [1.807, 2.05) is 6.92 Å². The number of aromatic nitrogens is 3. The molecule has 1 aromatic heterocycles. The number of thioether (sulfide) groups is 1. The number of hydrogen-bond acceptors (Lipinski definition) is 8. The van der Waals surface area contributed by atoms with Crippen LogP contribution in [0.3, 0.4) is 0 Å². The van der Waals surface area contributed by atoms with Crippen LogP contribution in [-0.4, -0.2) is 47.4 Å². The quantitative estimate of drug-likeness (QED) is 0.240. The molecule has 3 aromatic rings. The molecule has 180 valence electrons. The molecule has 0 atom stereocenters. The maximum atomic E-state index is 12.6. The zero-order valence-corrected chi connectivity index (χ0v) is 20.6. The summed E-state index contributed by atoms with van der Waals surface area (Å²) >= 11 is 1.13. The van der Waals surface area contributed by atoms with Gasteiger partial charge in [0.05, 0.1) is 22.8 Å². The monoisotopic (exact) mass is 502 g/mol. The number of carbonyl (C=O) groups excluding carboxylic acids is 2. The second-order valence-electron chi connectivity index (χ2n) is 7.44. The van der Waals surface area contributed by atoms with Crippen molar-refractivity contribution in [3.05, 3.63) is 66.0 Å². The first-order valence-electron chi connectivity index (χ1n) is 10.7. The summed E-state index contributed by atoms with van der Waals surface area (Å²) in [4.78, 5) is 24.7. The van der Waals surface area contributed by atoms with Crippen LogP contribution in [0.1, 0.15) is 35.9 Å². The number of ether oxygens (including phenoxy) is 1. The van der Waals surface area contributed by atoms with Crippen molar-refractivity contribution >= 4 is 39.2 Å². The summed E-state index contributed by atoms with van der Waals surface area (Å²) in [5.41, 5.74) is 0.835. The highest BCUT2D eigenvalue weighted by atomic mass is 32.2. The average Bonchev–Trinajstić information content (AvgIpc) is 3.17. The van der Waals surface area contributed by atoms with Gasteiger partial charge in [-0.3, -0.25) is 4.79 Å². The molecule has 9 nitrogen and oxygen atoms in total. The van der Waals surface area contributed by atoms with Crippen LogP contribution < -0.4 is 5.32 Å². The highest BCUT2D eigenvalue weighted by molar-refractivity contribution is 7.99. The third-order valence-corrected chi connectivity index (χ3v) is 7.44. The number of amides is 1. The van der Waals surface area contributed by atoms with Crippen LogP contribution in [0.5, 0.6) is 0 Å². The summed E-state index contributed by atoms with van der Waals surface area (Å²) in [6, 6.07) is 14.7. The molecular weight excluding hydrogens is 476 g/mol. The number of nitrogens with zero attached hydrogens (tertiary/aromatic N) is 3. The van der Waals surface area contributed by atoms with E-state index >= 15 is 0 Å². The van der Waals surface area contributed by atoms with Gasteiger partial charge >= 0.3 is 5.97 Å². The maximum absolute atomic E-state index is 12.6. The molecule has 0 fully saturated rings. The van der Waals surface area contributed by atoms with Gasteiger partial charge in [-0.15, -0.1) is 10.2 Å². The fourth-order valence-corrected chi connectivity index (χ4v) is 4.98. The van der Waals surface area contributed by atoms with E-state index in [2.05, 4.69) is 15.5 Å². The van der Waals surface area contributed by atoms with Gasteiger partial charge in [-0.1, -0.05) is 49.4 Å². The summed E-state index contributed by atoms with van der Waals surface area (Å²) in [6.45, 7) is 2.37. The van der Waals surface area contributed by atoms with Crippen molar-refractivity contribution in [1.82, 2.24) is 14.8 Å². The third kappa shape index (κ3) is 6.91. The Morgan fingerprint density at radius 1 is 1.09 bits per heavy atom. The van der Waals surface area contributed by atoms with E-state index < -0.39 is 15.8 Å². The van der Waals surface area contributed by atoms with E-state index in [9.17, 15) is 18.0 Å². The number of esters is 1. The van der Waals surface area contributed by atoms with Gasteiger partial charge in [0.25, 0.3) is 0 Å². The summed E-state index contributed by atoms with van der Waals surface area (Å²) < 4.78 is 31.9. The summed E-state index contributed by atoms with van der Waals surface area (Å²) in [5.74, 6) is -0.725. The SMILES string of the molecule is CCCCOC(=O)c1cccc(NC(=O)CSc2nnc(CS(=O)(=O)c3ccccc3)n2C)c1. The number of hydrogen-bond donors (Lipinski definition) is 1. The second-order valence-corrected chi connectivity index (χ2v) is 10.4. The first-order valence-corrected chi connectivity index (χ1v) is 13.3. The Bertz CT molecular complexity index is 1240. The minimum atomic E-state index is -3.56. The zero-order valence-electron chi connectivity index (χ0n) is 18.9. The van der Waals surface area contributed by atoms with E-state index in [-0.39, 0.29) is 28.1 Å². The van der Waals surface area contributed by atoms with E-state index in [4.69, 9.17) is 4.74 Å². The van der Waals surface area contributed by atoms with Gasteiger partial charge in [0.1, 0.15) is 11.6 Å². The minimum absolute atomic E-state index is 0.0303. The molecule has 0 radical (unpaired) electrons. The molecule has 0 aliphatic carbocycles. The minimum Gasteiger partial charge on any atom is -0.462 e. The van der Waals surface area contributed by atoms with Gasteiger partial charge in [-0.2, -0.15) is 0 Å². The van der Waals surface area contributed by atoms with E-state index in [0.717, 1.165) is 24.6 Å². The Labute approximate surface area is 202 Å². The van der Waals surface area contributed by atoms with Crippen molar-refractivity contribution in [2.45, 2.75) is 35.6 Å². The highest BCUT2D eigenvalue weighted by Crippen LogP contribution is 2.20. The number of nitrogens with one attached hydrogen (secondary N) is 1. The summed E-state index contributed by atoms with van der Waals surface area (Å²) in [7, 11) is -1.91. The number of anilines is 1. The molecule has 0 bridgehead atoms. The van der Waals surface area contributed by atoms with E-state index in [1.165, 1.54) is 12.1 Å². The number of carbonyl (C=O) groups is 2. The van der Waals surface area contributed by atoms with Gasteiger partial charge in [0.15, 0.2) is 15.0 Å². The first kappa shape index (κ1) is 25.4. The Morgan fingerprint density at radius 3 is 2.59 bits per heavy atom. The zero-order chi connectivity index (χ0) is 24.6. The molecule has 34 heavy (non-hydrogen) atoms. The topological polar surface area (TPSA) is 120 Å². The molecule has 0 spiro atoms. The maximum Gasteiger partial charge on any atom is 0.338 e. The summed E-state index contributed by atoms with van der Waals surface area (Å²) in [6.07, 6.45) is 1.72. The molecule has 0 aliphatic heterocycles. The van der Waals surface area contributed by atoms with Crippen molar-refractivity contribution in [2.75, 3.05) is 17.7 Å². The Morgan fingerprint density at radius 2 is 1.85 bits per heavy atom. The lowest BCUT2D eigenvalue weighted by atomic mass is 10.2. The van der Waals surface area contributed by atoms with Crippen LogP contribution >= 0.6 is 11.8 Å². The van der Waals surface area contributed by atoms with Crippen molar-refractivity contribution in [3.8, 4) is 0 Å². The summed E-state index contributed by atoms with van der Waals surface area (Å²) in [5, 5.41) is 11.2. The number of unbranched alkanes of at least 4 members (excludes halogenated alkanes) is 1. The molecule has 0 unspecified atom stereocenters. The number of rotatable bonds is 11. The molecule has 0 saturated heterocycles. The van der Waals surface area contributed by atoms with Crippen molar-refractivity contribution in [2.24, 2.45) is 7.05 Å². The molecule has 11 heteroatoms. The first-order chi connectivity index (χ1) is 16.3. The van der Waals surface area contributed by atoms with Gasteiger partial charge in [0, 0.05) is 12.7 Å². The number of sulfone groups is 1. The van der Waals surface area contributed by atoms with Crippen molar-refractivity contribution in [1.29, 1.82) is 0 Å². The van der Waals surface area contributed by atoms with Crippen LogP contribution in [0.2, 0.25) is 0 Å². The molecule has 2 aromatic carbocycles. The predicted octanol–water partition coefficient (Wildman–Crippen LogP) is 3.48. The lowest BCUT2D eigenvalue weighted by Gasteiger charge is -2.08. The molecular formula is C23H26N4O5S2. The van der Waals surface area contributed by atoms with Crippen molar-refractivity contribution in [3.63, 3.8) is 0 Å². The highest BCUT2D eigenvalue weighted by Gasteiger charge is 2.20.